The summed E-state index contributed by atoms with van der Waals surface area (Å²) >= 11 is 3.00. The minimum absolute atomic E-state index is 0.143. The van der Waals surface area contributed by atoms with Crippen LogP contribution in [0.1, 0.15) is 11.1 Å². The van der Waals surface area contributed by atoms with Crippen molar-refractivity contribution in [2.24, 2.45) is 0 Å². The molecule has 0 amide bonds. The monoisotopic (exact) mass is 349 g/mol. The lowest BCUT2D eigenvalue weighted by atomic mass is 10.1. The minimum Gasteiger partial charge on any atom is -0.358 e. The highest BCUT2D eigenvalue weighted by Crippen LogP contribution is 2.29. The molecule has 0 aliphatic carbocycles. The zero-order valence-electron chi connectivity index (χ0n) is 9.76. The fourth-order valence-corrected chi connectivity index (χ4v) is 2.04. The summed E-state index contributed by atoms with van der Waals surface area (Å²) in [5.41, 5.74) is -0.184. The number of aromatic nitrogens is 2. The van der Waals surface area contributed by atoms with Gasteiger partial charge in [0.2, 0.25) is 0 Å². The molecule has 2 rings (SSSR count). The second-order valence-electron chi connectivity index (χ2n) is 3.95. The molecule has 2 aromatic rings. The van der Waals surface area contributed by atoms with Gasteiger partial charge in [0.05, 0.1) is 23.4 Å². The van der Waals surface area contributed by atoms with Crippen LogP contribution in [0.3, 0.4) is 0 Å². The lowest BCUT2D eigenvalue weighted by Crippen LogP contribution is -2.06. The molecule has 1 aromatic carbocycles. The van der Waals surface area contributed by atoms with E-state index in [-0.39, 0.29) is 16.8 Å². The van der Waals surface area contributed by atoms with E-state index < -0.39 is 16.7 Å². The molecule has 0 atom stereocenters. The van der Waals surface area contributed by atoms with Gasteiger partial charge in [0.1, 0.15) is 4.47 Å². The zero-order valence-corrected chi connectivity index (χ0v) is 11.3. The largest absolute Gasteiger partial charge is 0.416 e. The van der Waals surface area contributed by atoms with E-state index in [2.05, 4.69) is 21.0 Å². The van der Waals surface area contributed by atoms with E-state index in [4.69, 9.17) is 0 Å². The average Bonchev–Trinajstić information content (AvgIpc) is 2.70. The molecule has 20 heavy (non-hydrogen) atoms. The van der Waals surface area contributed by atoms with Crippen LogP contribution in [-0.2, 0) is 12.7 Å². The molecule has 0 spiro atoms. The molecule has 0 unspecified atom stereocenters. The molecular formula is C11H7BrF3N3O2. The van der Waals surface area contributed by atoms with Crippen molar-refractivity contribution in [3.63, 3.8) is 0 Å². The first-order valence-electron chi connectivity index (χ1n) is 5.31. The third-order valence-corrected chi connectivity index (χ3v) is 3.06. The Labute approximate surface area is 119 Å². The summed E-state index contributed by atoms with van der Waals surface area (Å²) < 4.78 is 38.7. The SMILES string of the molecule is O=[N+]([O-])c1nn(Cc2ccc(C(F)(F)F)cc2)cc1Br. The number of benzene rings is 1. The summed E-state index contributed by atoms with van der Waals surface area (Å²) in [4.78, 5) is 9.97. The fourth-order valence-electron chi connectivity index (χ4n) is 1.58. The van der Waals surface area contributed by atoms with E-state index in [1.54, 1.807) is 0 Å². The van der Waals surface area contributed by atoms with Crippen LogP contribution in [0.5, 0.6) is 0 Å². The third kappa shape index (κ3) is 3.16. The second kappa shape index (κ2) is 5.23. The Hall–Kier alpha value is -1.90. The van der Waals surface area contributed by atoms with Crippen molar-refractivity contribution in [3.8, 4) is 0 Å². The molecule has 0 saturated carbocycles. The van der Waals surface area contributed by atoms with Gasteiger partial charge in [-0.3, -0.25) is 0 Å². The van der Waals surface area contributed by atoms with Gasteiger partial charge in [0.25, 0.3) is 0 Å². The first-order chi connectivity index (χ1) is 9.27. The molecule has 5 nitrogen and oxygen atoms in total. The number of halogens is 4. The molecule has 1 heterocycles. The Morgan fingerprint density at radius 1 is 1.30 bits per heavy atom. The lowest BCUT2D eigenvalue weighted by Gasteiger charge is -2.06. The Bertz CT molecular complexity index is 637. The average molecular weight is 350 g/mol. The molecule has 0 fully saturated rings. The van der Waals surface area contributed by atoms with Crippen molar-refractivity contribution in [3.05, 3.63) is 56.2 Å². The highest BCUT2D eigenvalue weighted by atomic mass is 79.9. The number of hydrogen-bond donors (Lipinski definition) is 0. The molecule has 0 N–H and O–H groups in total. The van der Waals surface area contributed by atoms with E-state index in [9.17, 15) is 23.3 Å². The summed E-state index contributed by atoms with van der Waals surface area (Å²) in [6.45, 7) is 0.143. The van der Waals surface area contributed by atoms with Crippen molar-refractivity contribution in [1.82, 2.24) is 9.78 Å². The van der Waals surface area contributed by atoms with Gasteiger partial charge in [-0.25, -0.2) is 0 Å². The predicted octanol–water partition coefficient (Wildman–Crippen LogP) is 3.62. The number of nitro groups is 1. The first-order valence-corrected chi connectivity index (χ1v) is 6.10. The van der Waals surface area contributed by atoms with Crippen molar-refractivity contribution < 1.29 is 18.1 Å². The minimum atomic E-state index is -4.38. The normalized spacial score (nSPS) is 11.6. The van der Waals surface area contributed by atoms with E-state index >= 15 is 0 Å². The molecule has 0 aliphatic rings. The molecule has 106 valence electrons. The van der Waals surface area contributed by atoms with E-state index in [1.165, 1.54) is 23.0 Å². The summed E-state index contributed by atoms with van der Waals surface area (Å²) in [6.07, 6.45) is -2.98. The Morgan fingerprint density at radius 3 is 2.35 bits per heavy atom. The van der Waals surface area contributed by atoms with Gasteiger partial charge in [-0.05, 0) is 38.5 Å². The standard InChI is InChI=1S/C11H7BrF3N3O2/c12-9-6-17(16-10(9)18(19)20)5-7-1-3-8(4-2-7)11(13,14)15/h1-4,6H,5H2. The van der Waals surface area contributed by atoms with Gasteiger partial charge in [0.15, 0.2) is 0 Å². The molecular weight excluding hydrogens is 343 g/mol. The number of nitrogens with zero attached hydrogens (tertiary/aromatic N) is 3. The van der Waals surface area contributed by atoms with E-state index in [1.807, 2.05) is 0 Å². The van der Waals surface area contributed by atoms with Gasteiger partial charge < -0.3 is 10.1 Å². The zero-order chi connectivity index (χ0) is 14.9. The molecule has 0 saturated heterocycles. The Balaban J connectivity index is 2.18. The number of hydrogen-bond acceptors (Lipinski definition) is 3. The molecule has 0 aliphatic heterocycles. The van der Waals surface area contributed by atoms with Crippen LogP contribution in [0.25, 0.3) is 0 Å². The summed E-state index contributed by atoms with van der Waals surface area (Å²) in [7, 11) is 0. The van der Waals surface area contributed by atoms with Gasteiger partial charge in [-0.1, -0.05) is 12.1 Å². The summed E-state index contributed by atoms with van der Waals surface area (Å²) in [6, 6.07) is 4.54. The number of rotatable bonds is 3. The van der Waals surface area contributed by atoms with E-state index in [0.717, 1.165) is 12.1 Å². The topological polar surface area (TPSA) is 61.0 Å². The van der Waals surface area contributed by atoms with Gasteiger partial charge in [-0.2, -0.15) is 17.9 Å². The quantitative estimate of drug-likeness (QED) is 0.628. The number of alkyl halides is 3. The maximum atomic E-state index is 12.4. The van der Waals surface area contributed by atoms with Gasteiger partial charge >= 0.3 is 12.0 Å². The smallest absolute Gasteiger partial charge is 0.358 e. The van der Waals surface area contributed by atoms with Crippen LogP contribution in [0, 0.1) is 10.1 Å². The van der Waals surface area contributed by atoms with Crippen molar-refractivity contribution >= 4 is 21.7 Å². The van der Waals surface area contributed by atoms with Gasteiger partial charge in [0, 0.05) is 0 Å². The molecule has 1 aromatic heterocycles. The van der Waals surface area contributed by atoms with E-state index in [0.29, 0.717) is 5.56 Å². The first kappa shape index (κ1) is 14.5. The van der Waals surface area contributed by atoms with Crippen LogP contribution in [-0.4, -0.2) is 14.7 Å². The molecule has 0 bridgehead atoms. The summed E-state index contributed by atoms with van der Waals surface area (Å²) in [5.74, 6) is -0.336. The fraction of sp³-hybridized carbons (Fsp3) is 0.182. The van der Waals surface area contributed by atoms with Crippen molar-refractivity contribution in [1.29, 1.82) is 0 Å². The predicted molar refractivity (Wildman–Crippen MR) is 67.1 cm³/mol. The van der Waals surface area contributed by atoms with Gasteiger partial charge in [-0.15, -0.1) is 0 Å². The third-order valence-electron chi connectivity index (χ3n) is 2.50. The van der Waals surface area contributed by atoms with Crippen LogP contribution < -0.4 is 0 Å². The molecule has 9 heteroatoms. The Kier molecular flexibility index (Phi) is 3.80. The Morgan fingerprint density at radius 2 is 1.90 bits per heavy atom. The second-order valence-corrected chi connectivity index (χ2v) is 4.80. The highest BCUT2D eigenvalue weighted by molar-refractivity contribution is 9.10. The van der Waals surface area contributed by atoms with Crippen molar-refractivity contribution in [2.45, 2.75) is 12.7 Å². The van der Waals surface area contributed by atoms with Crippen LogP contribution in [0.4, 0.5) is 19.0 Å². The lowest BCUT2D eigenvalue weighted by molar-refractivity contribution is -0.390. The van der Waals surface area contributed by atoms with Crippen molar-refractivity contribution in [2.75, 3.05) is 0 Å². The van der Waals surface area contributed by atoms with Crippen LogP contribution in [0.15, 0.2) is 34.9 Å². The van der Waals surface area contributed by atoms with Crippen LogP contribution in [0.2, 0.25) is 0 Å². The van der Waals surface area contributed by atoms with Crippen LogP contribution >= 0.6 is 15.9 Å². The molecule has 0 radical (unpaired) electrons. The maximum absolute atomic E-state index is 12.4. The highest BCUT2D eigenvalue weighted by Gasteiger charge is 2.30. The maximum Gasteiger partial charge on any atom is 0.416 e. The summed E-state index contributed by atoms with van der Waals surface area (Å²) in [5, 5.41) is 14.3.